The fourth-order valence-corrected chi connectivity index (χ4v) is 4.19. The number of nitrogens with one attached hydrogen (secondary N) is 1. The number of aromatic nitrogens is 2. The van der Waals surface area contributed by atoms with Crippen molar-refractivity contribution in [2.45, 2.75) is 6.92 Å². The van der Waals surface area contributed by atoms with Crippen LogP contribution in [0.4, 0.5) is 5.69 Å². The van der Waals surface area contributed by atoms with Crippen molar-refractivity contribution >= 4 is 38.3 Å². The first-order chi connectivity index (χ1) is 15.6. The number of fused-ring (bicyclic) bond motifs is 1. The van der Waals surface area contributed by atoms with Crippen LogP contribution in [0.1, 0.15) is 16.1 Å². The number of hydrogen-bond acceptors (Lipinski definition) is 2. The standard InChI is InChI=1S/C27H20BrN3O/c1-18-7-2-5-12-25(18)31-26(21-14-13-19-8-3-4-9-20(19)15-21)17-24(30-31)27(32)29-23-11-6-10-22(28)16-23/h2-17H,1H3,(H,29,32). The summed E-state index contributed by atoms with van der Waals surface area (Å²) in [5.41, 5.74) is 4.96. The second kappa shape index (κ2) is 8.44. The van der Waals surface area contributed by atoms with Crippen LogP contribution in [0, 0.1) is 6.92 Å². The lowest BCUT2D eigenvalue weighted by Crippen LogP contribution is -2.13. The molecule has 5 aromatic rings. The Labute approximate surface area is 194 Å². The lowest BCUT2D eigenvalue weighted by Gasteiger charge is -2.11. The van der Waals surface area contributed by atoms with Gasteiger partial charge in [0, 0.05) is 15.7 Å². The Morgan fingerprint density at radius 2 is 1.62 bits per heavy atom. The van der Waals surface area contributed by atoms with Crippen molar-refractivity contribution in [3.8, 4) is 16.9 Å². The highest BCUT2D eigenvalue weighted by Gasteiger charge is 2.18. The molecule has 4 aromatic carbocycles. The van der Waals surface area contributed by atoms with Crippen molar-refractivity contribution in [2.75, 3.05) is 5.32 Å². The minimum absolute atomic E-state index is 0.252. The SMILES string of the molecule is Cc1ccccc1-n1nc(C(=O)Nc2cccc(Br)c2)cc1-c1ccc2ccccc2c1. The molecule has 0 spiro atoms. The first-order valence-electron chi connectivity index (χ1n) is 10.3. The number of carbonyl (C=O) groups excluding carboxylic acids is 1. The Morgan fingerprint density at radius 3 is 2.44 bits per heavy atom. The molecule has 0 aliphatic heterocycles. The number of carbonyl (C=O) groups is 1. The molecule has 1 heterocycles. The molecule has 0 radical (unpaired) electrons. The van der Waals surface area contributed by atoms with Gasteiger partial charge in [-0.05, 0) is 59.7 Å². The number of aryl methyl sites for hydroxylation is 1. The maximum Gasteiger partial charge on any atom is 0.276 e. The number of benzene rings is 4. The highest BCUT2D eigenvalue weighted by Crippen LogP contribution is 2.29. The molecule has 0 bridgehead atoms. The average molecular weight is 482 g/mol. The summed E-state index contributed by atoms with van der Waals surface area (Å²) >= 11 is 3.44. The van der Waals surface area contributed by atoms with E-state index in [1.807, 2.05) is 78.3 Å². The van der Waals surface area contributed by atoms with Crippen LogP contribution < -0.4 is 5.32 Å². The molecule has 5 rings (SSSR count). The van der Waals surface area contributed by atoms with Crippen molar-refractivity contribution in [1.82, 2.24) is 9.78 Å². The van der Waals surface area contributed by atoms with Crippen molar-refractivity contribution in [2.24, 2.45) is 0 Å². The Bertz CT molecular complexity index is 1450. The van der Waals surface area contributed by atoms with Gasteiger partial charge >= 0.3 is 0 Å². The molecule has 0 aliphatic carbocycles. The van der Waals surface area contributed by atoms with Crippen molar-refractivity contribution < 1.29 is 4.79 Å². The minimum atomic E-state index is -0.252. The summed E-state index contributed by atoms with van der Waals surface area (Å²) in [6.45, 7) is 2.04. The molecule has 0 saturated carbocycles. The Balaban J connectivity index is 1.62. The predicted octanol–water partition coefficient (Wildman–Crippen LogP) is 7.02. The Kier molecular flexibility index (Phi) is 5.33. The van der Waals surface area contributed by atoms with Gasteiger partial charge in [-0.3, -0.25) is 4.79 Å². The third kappa shape index (κ3) is 3.95. The van der Waals surface area contributed by atoms with Gasteiger partial charge in [0.25, 0.3) is 5.91 Å². The van der Waals surface area contributed by atoms with Crippen LogP contribution in [0.5, 0.6) is 0 Å². The molecule has 1 amide bonds. The van der Waals surface area contributed by atoms with Crippen LogP contribution in [0.15, 0.2) is 102 Å². The van der Waals surface area contributed by atoms with Gasteiger partial charge < -0.3 is 5.32 Å². The maximum atomic E-state index is 13.0. The highest BCUT2D eigenvalue weighted by atomic mass is 79.9. The topological polar surface area (TPSA) is 46.9 Å². The minimum Gasteiger partial charge on any atom is -0.321 e. The number of amides is 1. The molecule has 0 saturated heterocycles. The van der Waals surface area contributed by atoms with E-state index in [-0.39, 0.29) is 5.91 Å². The zero-order valence-corrected chi connectivity index (χ0v) is 19.0. The van der Waals surface area contributed by atoms with Crippen molar-refractivity contribution in [3.05, 3.63) is 113 Å². The third-order valence-corrected chi connectivity index (χ3v) is 5.91. The highest BCUT2D eigenvalue weighted by molar-refractivity contribution is 9.10. The van der Waals surface area contributed by atoms with Gasteiger partial charge in [-0.15, -0.1) is 0 Å². The van der Waals surface area contributed by atoms with E-state index in [4.69, 9.17) is 5.10 Å². The summed E-state index contributed by atoms with van der Waals surface area (Å²) < 4.78 is 2.76. The van der Waals surface area contributed by atoms with Gasteiger partial charge in [-0.1, -0.05) is 76.6 Å². The molecule has 1 N–H and O–H groups in total. The Hall–Kier alpha value is -3.70. The number of hydrogen-bond donors (Lipinski definition) is 1. The molecule has 0 aliphatic rings. The zero-order valence-electron chi connectivity index (χ0n) is 17.4. The van der Waals surface area contributed by atoms with Crippen LogP contribution in [-0.2, 0) is 0 Å². The molecular formula is C27H20BrN3O. The summed E-state index contributed by atoms with van der Waals surface area (Å²) in [6.07, 6.45) is 0. The number of rotatable bonds is 4. The van der Waals surface area contributed by atoms with Crippen molar-refractivity contribution in [1.29, 1.82) is 0 Å². The number of nitrogens with zero attached hydrogens (tertiary/aromatic N) is 2. The molecular weight excluding hydrogens is 462 g/mol. The lowest BCUT2D eigenvalue weighted by molar-refractivity contribution is 0.102. The second-order valence-corrected chi connectivity index (χ2v) is 8.56. The van der Waals surface area contributed by atoms with E-state index in [0.29, 0.717) is 11.4 Å². The number of anilines is 1. The maximum absolute atomic E-state index is 13.0. The molecule has 0 unspecified atom stereocenters. The molecule has 32 heavy (non-hydrogen) atoms. The van der Waals surface area contributed by atoms with E-state index in [9.17, 15) is 4.79 Å². The average Bonchev–Trinajstić information content (AvgIpc) is 3.24. The van der Waals surface area contributed by atoms with E-state index in [2.05, 4.69) is 51.6 Å². The van der Waals surface area contributed by atoms with E-state index in [1.165, 1.54) is 5.39 Å². The first kappa shape index (κ1) is 20.2. The third-order valence-electron chi connectivity index (χ3n) is 5.41. The van der Waals surface area contributed by atoms with Gasteiger partial charge in [0.2, 0.25) is 0 Å². The first-order valence-corrected chi connectivity index (χ1v) is 11.1. The van der Waals surface area contributed by atoms with E-state index >= 15 is 0 Å². The van der Waals surface area contributed by atoms with E-state index < -0.39 is 0 Å². The predicted molar refractivity (Wildman–Crippen MR) is 133 cm³/mol. The summed E-state index contributed by atoms with van der Waals surface area (Å²) in [6, 6.07) is 32.0. The summed E-state index contributed by atoms with van der Waals surface area (Å²) in [5, 5.41) is 9.96. The smallest absolute Gasteiger partial charge is 0.276 e. The second-order valence-electron chi connectivity index (χ2n) is 7.64. The number of halogens is 1. The molecule has 5 heteroatoms. The van der Waals surface area contributed by atoms with E-state index in [0.717, 1.165) is 32.4 Å². The largest absolute Gasteiger partial charge is 0.321 e. The fraction of sp³-hybridized carbons (Fsp3) is 0.0370. The van der Waals surface area contributed by atoms with Crippen LogP contribution in [0.3, 0.4) is 0 Å². The van der Waals surface area contributed by atoms with E-state index in [1.54, 1.807) is 0 Å². The quantitative estimate of drug-likeness (QED) is 0.299. The summed E-state index contributed by atoms with van der Waals surface area (Å²) in [5.74, 6) is -0.252. The summed E-state index contributed by atoms with van der Waals surface area (Å²) in [7, 11) is 0. The van der Waals surface area contributed by atoms with Gasteiger partial charge in [0.1, 0.15) is 0 Å². The fourth-order valence-electron chi connectivity index (χ4n) is 3.79. The Morgan fingerprint density at radius 1 is 0.844 bits per heavy atom. The molecule has 0 fully saturated rings. The lowest BCUT2D eigenvalue weighted by atomic mass is 10.0. The van der Waals surface area contributed by atoms with Gasteiger partial charge in [-0.25, -0.2) is 4.68 Å². The monoisotopic (exact) mass is 481 g/mol. The van der Waals surface area contributed by atoms with Gasteiger partial charge in [0.15, 0.2) is 5.69 Å². The molecule has 0 atom stereocenters. The van der Waals surface area contributed by atoms with Gasteiger partial charge in [0.05, 0.1) is 11.4 Å². The van der Waals surface area contributed by atoms with Crippen LogP contribution in [0.25, 0.3) is 27.7 Å². The van der Waals surface area contributed by atoms with Crippen LogP contribution in [0.2, 0.25) is 0 Å². The van der Waals surface area contributed by atoms with Gasteiger partial charge in [-0.2, -0.15) is 5.10 Å². The summed E-state index contributed by atoms with van der Waals surface area (Å²) in [4.78, 5) is 13.0. The molecule has 156 valence electrons. The van der Waals surface area contributed by atoms with Crippen molar-refractivity contribution in [3.63, 3.8) is 0 Å². The number of para-hydroxylation sites is 1. The van der Waals surface area contributed by atoms with Crippen LogP contribution in [-0.4, -0.2) is 15.7 Å². The molecule has 1 aromatic heterocycles. The molecule has 4 nitrogen and oxygen atoms in total. The zero-order chi connectivity index (χ0) is 22.1. The van der Waals surface area contributed by atoms with Crippen LogP contribution >= 0.6 is 15.9 Å². The normalized spacial score (nSPS) is 10.9.